The molecule has 0 aromatic rings. The number of aliphatic hydroxyl groups is 2. The van der Waals surface area contributed by atoms with Crippen LogP contribution in [-0.2, 0) is 9.59 Å². The normalized spacial score (nSPS) is 21.8. The van der Waals surface area contributed by atoms with Crippen LogP contribution in [0.3, 0.4) is 0 Å². The van der Waals surface area contributed by atoms with E-state index >= 15 is 0 Å². The number of hydrogen-bond donors (Lipinski definition) is 2. The number of amides is 2. The standard InChI is InChI=1S/C15H26N2O4/c18-9-7-16(8-10-19)5-6-17-13(20)11-15(12-14(17)21)3-1-2-4-15/h18-19H,1-12H2. The smallest absolute Gasteiger partial charge is 0.229 e. The summed E-state index contributed by atoms with van der Waals surface area (Å²) < 4.78 is 0. The Morgan fingerprint density at radius 3 is 1.95 bits per heavy atom. The first-order valence-electron chi connectivity index (χ1n) is 7.87. The Labute approximate surface area is 125 Å². The van der Waals surface area contributed by atoms with E-state index in [1.165, 1.54) is 4.90 Å². The fourth-order valence-corrected chi connectivity index (χ4v) is 3.62. The topological polar surface area (TPSA) is 81.1 Å². The van der Waals surface area contributed by atoms with Gasteiger partial charge in [-0.3, -0.25) is 19.4 Å². The maximum Gasteiger partial charge on any atom is 0.229 e. The molecule has 1 aliphatic carbocycles. The molecule has 2 aliphatic rings. The van der Waals surface area contributed by atoms with Crippen LogP contribution in [0.1, 0.15) is 38.5 Å². The lowest BCUT2D eigenvalue weighted by Crippen LogP contribution is -2.50. The zero-order valence-corrected chi connectivity index (χ0v) is 12.6. The molecular weight excluding hydrogens is 272 g/mol. The second kappa shape index (κ2) is 7.33. The minimum absolute atomic E-state index is 0.00496. The zero-order valence-electron chi connectivity index (χ0n) is 12.6. The van der Waals surface area contributed by atoms with Crippen LogP contribution in [0.15, 0.2) is 0 Å². The molecule has 2 rings (SSSR count). The van der Waals surface area contributed by atoms with E-state index in [4.69, 9.17) is 10.2 Å². The van der Waals surface area contributed by atoms with E-state index < -0.39 is 0 Å². The average Bonchev–Trinajstić information content (AvgIpc) is 2.86. The van der Waals surface area contributed by atoms with Gasteiger partial charge in [-0.25, -0.2) is 0 Å². The van der Waals surface area contributed by atoms with Crippen LogP contribution in [0.5, 0.6) is 0 Å². The van der Waals surface area contributed by atoms with E-state index in [1.807, 2.05) is 4.90 Å². The van der Waals surface area contributed by atoms with Gasteiger partial charge in [-0.2, -0.15) is 0 Å². The van der Waals surface area contributed by atoms with Crippen molar-refractivity contribution in [2.24, 2.45) is 5.41 Å². The van der Waals surface area contributed by atoms with Gasteiger partial charge in [0, 0.05) is 39.0 Å². The Bertz CT molecular complexity index is 354. The molecule has 1 heterocycles. The number of imide groups is 1. The third kappa shape index (κ3) is 4.02. The van der Waals surface area contributed by atoms with Crippen molar-refractivity contribution in [3.8, 4) is 0 Å². The Morgan fingerprint density at radius 1 is 0.952 bits per heavy atom. The lowest BCUT2D eigenvalue weighted by atomic mass is 9.76. The molecule has 1 saturated carbocycles. The number of piperidine rings is 1. The van der Waals surface area contributed by atoms with E-state index in [0.717, 1.165) is 25.7 Å². The first-order chi connectivity index (χ1) is 10.1. The number of likely N-dealkylation sites (tertiary alicyclic amines) is 1. The van der Waals surface area contributed by atoms with Gasteiger partial charge in [0.15, 0.2) is 0 Å². The summed E-state index contributed by atoms with van der Waals surface area (Å²) in [6, 6.07) is 0. The largest absolute Gasteiger partial charge is 0.395 e. The molecule has 0 atom stereocenters. The fourth-order valence-electron chi connectivity index (χ4n) is 3.62. The molecular formula is C15H26N2O4. The molecule has 2 fully saturated rings. The van der Waals surface area contributed by atoms with Crippen molar-refractivity contribution in [1.82, 2.24) is 9.80 Å². The number of hydrogen-bond acceptors (Lipinski definition) is 5. The van der Waals surface area contributed by atoms with E-state index in [9.17, 15) is 9.59 Å². The molecule has 120 valence electrons. The first-order valence-corrected chi connectivity index (χ1v) is 7.87. The predicted octanol–water partition coefficient (Wildman–Crippen LogP) is -0.0176. The molecule has 2 N–H and O–H groups in total. The molecule has 6 nitrogen and oxygen atoms in total. The monoisotopic (exact) mass is 298 g/mol. The summed E-state index contributed by atoms with van der Waals surface area (Å²) in [5.41, 5.74) is -0.0550. The van der Waals surface area contributed by atoms with E-state index in [-0.39, 0.29) is 30.4 Å². The van der Waals surface area contributed by atoms with Gasteiger partial charge >= 0.3 is 0 Å². The highest BCUT2D eigenvalue weighted by Gasteiger charge is 2.44. The van der Waals surface area contributed by atoms with Gasteiger partial charge in [-0.05, 0) is 18.3 Å². The lowest BCUT2D eigenvalue weighted by Gasteiger charge is -2.37. The number of aliphatic hydroxyl groups excluding tert-OH is 2. The second-order valence-electron chi connectivity index (χ2n) is 6.29. The SMILES string of the molecule is O=C1CC2(CCCC2)CC(=O)N1CCN(CCO)CCO. The van der Waals surface area contributed by atoms with Crippen molar-refractivity contribution >= 4 is 11.8 Å². The molecule has 1 spiro atoms. The van der Waals surface area contributed by atoms with Gasteiger partial charge in [-0.15, -0.1) is 0 Å². The minimum Gasteiger partial charge on any atom is -0.395 e. The van der Waals surface area contributed by atoms with Gasteiger partial charge in [-0.1, -0.05) is 12.8 Å². The van der Waals surface area contributed by atoms with Crippen LogP contribution in [-0.4, -0.2) is 71.2 Å². The lowest BCUT2D eigenvalue weighted by molar-refractivity contribution is -0.153. The number of rotatable bonds is 7. The van der Waals surface area contributed by atoms with Crippen molar-refractivity contribution in [3.63, 3.8) is 0 Å². The van der Waals surface area contributed by atoms with Gasteiger partial charge in [0.2, 0.25) is 11.8 Å². The first kappa shape index (κ1) is 16.4. The van der Waals surface area contributed by atoms with Gasteiger partial charge in [0.05, 0.1) is 13.2 Å². The van der Waals surface area contributed by atoms with Gasteiger partial charge in [0.1, 0.15) is 0 Å². The summed E-state index contributed by atoms with van der Waals surface area (Å²) in [7, 11) is 0. The van der Waals surface area contributed by atoms with Crippen LogP contribution in [0, 0.1) is 5.41 Å². The van der Waals surface area contributed by atoms with E-state index in [1.54, 1.807) is 0 Å². The second-order valence-corrected chi connectivity index (χ2v) is 6.29. The van der Waals surface area contributed by atoms with Crippen LogP contribution < -0.4 is 0 Å². The van der Waals surface area contributed by atoms with E-state index in [0.29, 0.717) is 39.0 Å². The third-order valence-electron chi connectivity index (χ3n) is 4.79. The molecule has 6 heteroatoms. The van der Waals surface area contributed by atoms with Crippen LogP contribution in [0.2, 0.25) is 0 Å². The number of carbonyl (C=O) groups is 2. The highest BCUT2D eigenvalue weighted by atomic mass is 16.3. The summed E-state index contributed by atoms with van der Waals surface area (Å²) in [6.45, 7) is 1.76. The summed E-state index contributed by atoms with van der Waals surface area (Å²) in [5.74, 6) is -0.109. The quantitative estimate of drug-likeness (QED) is 0.646. The molecule has 0 aromatic carbocycles. The molecule has 2 amide bonds. The molecule has 0 radical (unpaired) electrons. The molecule has 0 aromatic heterocycles. The summed E-state index contributed by atoms with van der Waals surface area (Å²) in [6.07, 6.45) is 5.25. The Balaban J connectivity index is 1.88. The Kier molecular flexibility index (Phi) is 5.72. The van der Waals surface area contributed by atoms with Gasteiger partial charge in [0.25, 0.3) is 0 Å². The van der Waals surface area contributed by atoms with Crippen molar-refractivity contribution in [1.29, 1.82) is 0 Å². The third-order valence-corrected chi connectivity index (χ3v) is 4.79. The maximum atomic E-state index is 12.3. The Hall–Kier alpha value is -0.980. The van der Waals surface area contributed by atoms with Crippen molar-refractivity contribution in [2.45, 2.75) is 38.5 Å². The number of nitrogens with zero attached hydrogens (tertiary/aromatic N) is 2. The van der Waals surface area contributed by atoms with Crippen molar-refractivity contribution in [3.05, 3.63) is 0 Å². The summed E-state index contributed by atoms with van der Waals surface area (Å²) in [4.78, 5) is 27.8. The van der Waals surface area contributed by atoms with Crippen molar-refractivity contribution < 1.29 is 19.8 Å². The minimum atomic E-state index is -0.0550. The van der Waals surface area contributed by atoms with Crippen LogP contribution >= 0.6 is 0 Å². The number of carbonyl (C=O) groups excluding carboxylic acids is 2. The molecule has 1 saturated heterocycles. The molecule has 1 aliphatic heterocycles. The highest BCUT2D eigenvalue weighted by Crippen LogP contribution is 2.46. The predicted molar refractivity (Wildman–Crippen MR) is 77.5 cm³/mol. The Morgan fingerprint density at radius 2 is 1.48 bits per heavy atom. The fraction of sp³-hybridized carbons (Fsp3) is 0.867. The van der Waals surface area contributed by atoms with Crippen molar-refractivity contribution in [2.75, 3.05) is 39.4 Å². The maximum absolute atomic E-state index is 12.3. The highest BCUT2D eigenvalue weighted by molar-refractivity contribution is 5.98. The molecule has 0 unspecified atom stereocenters. The summed E-state index contributed by atoms with van der Waals surface area (Å²) in [5, 5.41) is 17.9. The summed E-state index contributed by atoms with van der Waals surface area (Å²) >= 11 is 0. The van der Waals surface area contributed by atoms with Crippen LogP contribution in [0.4, 0.5) is 0 Å². The van der Waals surface area contributed by atoms with Crippen LogP contribution in [0.25, 0.3) is 0 Å². The molecule has 0 bridgehead atoms. The van der Waals surface area contributed by atoms with E-state index in [2.05, 4.69) is 0 Å². The van der Waals surface area contributed by atoms with Gasteiger partial charge < -0.3 is 10.2 Å². The molecule has 21 heavy (non-hydrogen) atoms. The zero-order chi connectivity index (χ0) is 15.3. The average molecular weight is 298 g/mol.